The third-order valence-corrected chi connectivity index (χ3v) is 2.48. The number of carbonyl (C=O) groups is 1. The van der Waals surface area contributed by atoms with Crippen molar-refractivity contribution in [2.45, 2.75) is 6.92 Å². The van der Waals surface area contributed by atoms with E-state index >= 15 is 0 Å². The maximum Gasteiger partial charge on any atom is 0.311 e. The maximum atomic E-state index is 11.9. The smallest absolute Gasteiger partial charge is 0.301 e. The van der Waals surface area contributed by atoms with Crippen molar-refractivity contribution >= 4 is 17.4 Å². The minimum atomic E-state index is -0.576. The first-order valence-corrected chi connectivity index (χ1v) is 5.56. The van der Waals surface area contributed by atoms with Gasteiger partial charge in [-0.15, -0.1) is 0 Å². The number of pyridine rings is 1. The van der Waals surface area contributed by atoms with Gasteiger partial charge in [0.1, 0.15) is 0 Å². The van der Waals surface area contributed by atoms with Crippen LogP contribution in [-0.4, -0.2) is 15.8 Å². The van der Waals surface area contributed by atoms with Crippen LogP contribution in [0.15, 0.2) is 42.5 Å². The zero-order valence-electron chi connectivity index (χ0n) is 10.2. The molecule has 0 fully saturated rings. The summed E-state index contributed by atoms with van der Waals surface area (Å²) in [4.78, 5) is 26.2. The highest BCUT2D eigenvalue weighted by Crippen LogP contribution is 2.22. The molecule has 0 aliphatic carbocycles. The second kappa shape index (κ2) is 5.26. The van der Waals surface area contributed by atoms with Gasteiger partial charge in [-0.25, -0.2) is 4.98 Å². The summed E-state index contributed by atoms with van der Waals surface area (Å²) < 4.78 is 0. The van der Waals surface area contributed by atoms with E-state index in [0.717, 1.165) is 0 Å². The molecule has 0 atom stereocenters. The van der Waals surface area contributed by atoms with Crippen molar-refractivity contribution in [3.8, 4) is 0 Å². The summed E-state index contributed by atoms with van der Waals surface area (Å²) in [5, 5.41) is 13.3. The first-order chi connectivity index (χ1) is 9.08. The van der Waals surface area contributed by atoms with Crippen LogP contribution in [0.25, 0.3) is 0 Å². The van der Waals surface area contributed by atoms with Crippen LogP contribution >= 0.6 is 0 Å². The lowest BCUT2D eigenvalue weighted by Gasteiger charge is -2.05. The number of aryl methyl sites for hydroxylation is 1. The zero-order valence-corrected chi connectivity index (χ0v) is 10.2. The van der Waals surface area contributed by atoms with Crippen LogP contribution in [0.4, 0.5) is 11.5 Å². The molecule has 1 heterocycles. The molecule has 0 aliphatic rings. The number of amides is 1. The molecule has 0 spiro atoms. The molecule has 1 aromatic heterocycles. The summed E-state index contributed by atoms with van der Waals surface area (Å²) in [5.74, 6) is -0.472. The Bertz CT molecular complexity index is 626. The summed E-state index contributed by atoms with van der Waals surface area (Å²) in [5.41, 5.74) is 0.781. The normalized spacial score (nSPS) is 9.95. The van der Waals surface area contributed by atoms with Gasteiger partial charge in [0.05, 0.1) is 4.92 Å². The average Bonchev–Trinajstić information content (AvgIpc) is 2.39. The van der Waals surface area contributed by atoms with Gasteiger partial charge in [0.25, 0.3) is 5.91 Å². The van der Waals surface area contributed by atoms with Crippen LogP contribution < -0.4 is 5.32 Å². The van der Waals surface area contributed by atoms with Crippen molar-refractivity contribution in [2.24, 2.45) is 0 Å². The second-order valence-corrected chi connectivity index (χ2v) is 3.90. The molecular weight excluding hydrogens is 246 g/mol. The third kappa shape index (κ3) is 2.92. The lowest BCUT2D eigenvalue weighted by molar-refractivity contribution is -0.384. The molecule has 1 N–H and O–H groups in total. The van der Waals surface area contributed by atoms with Crippen LogP contribution in [0.5, 0.6) is 0 Å². The second-order valence-electron chi connectivity index (χ2n) is 3.90. The zero-order chi connectivity index (χ0) is 13.8. The van der Waals surface area contributed by atoms with Crippen LogP contribution in [0.2, 0.25) is 0 Å². The summed E-state index contributed by atoms with van der Waals surface area (Å²) >= 11 is 0. The van der Waals surface area contributed by atoms with E-state index in [2.05, 4.69) is 10.3 Å². The molecule has 1 amide bonds. The van der Waals surface area contributed by atoms with Crippen LogP contribution in [-0.2, 0) is 0 Å². The number of aromatic nitrogens is 1. The molecule has 6 nitrogen and oxygen atoms in total. The largest absolute Gasteiger partial charge is 0.311 e. The molecular formula is C13H11N3O3. The Morgan fingerprint density at radius 3 is 2.53 bits per heavy atom. The van der Waals surface area contributed by atoms with Gasteiger partial charge in [-0.05, 0) is 25.1 Å². The van der Waals surface area contributed by atoms with Gasteiger partial charge in [0.2, 0.25) is 5.82 Å². The van der Waals surface area contributed by atoms with Gasteiger partial charge in [0, 0.05) is 17.3 Å². The Morgan fingerprint density at radius 1 is 1.21 bits per heavy atom. The number of carbonyl (C=O) groups excluding carboxylic acids is 1. The molecule has 0 saturated heterocycles. The molecule has 0 aliphatic heterocycles. The Labute approximate surface area is 109 Å². The number of hydrogen-bond acceptors (Lipinski definition) is 4. The molecule has 1 aromatic carbocycles. The van der Waals surface area contributed by atoms with Gasteiger partial charge in [-0.3, -0.25) is 14.9 Å². The fourth-order valence-corrected chi connectivity index (χ4v) is 1.56. The summed E-state index contributed by atoms with van der Waals surface area (Å²) in [6.45, 7) is 1.70. The van der Waals surface area contributed by atoms with Gasteiger partial charge in [-0.2, -0.15) is 0 Å². The fourth-order valence-electron chi connectivity index (χ4n) is 1.56. The van der Waals surface area contributed by atoms with Crippen molar-refractivity contribution in [1.29, 1.82) is 0 Å². The highest BCUT2D eigenvalue weighted by molar-refractivity contribution is 6.04. The van der Waals surface area contributed by atoms with Crippen molar-refractivity contribution < 1.29 is 9.72 Å². The SMILES string of the molecule is Cc1ccc([N+](=O)[O-])c(NC(=O)c2ccccc2)n1. The highest BCUT2D eigenvalue weighted by atomic mass is 16.6. The number of anilines is 1. The van der Waals surface area contributed by atoms with Crippen molar-refractivity contribution in [3.63, 3.8) is 0 Å². The quantitative estimate of drug-likeness (QED) is 0.676. The molecule has 96 valence electrons. The Hall–Kier alpha value is -2.76. The number of nitro groups is 1. The summed E-state index contributed by atoms with van der Waals surface area (Å²) in [7, 11) is 0. The van der Waals surface area contributed by atoms with Crippen molar-refractivity contribution in [1.82, 2.24) is 4.98 Å². The molecule has 0 bridgehead atoms. The predicted molar refractivity (Wildman–Crippen MR) is 70.0 cm³/mol. The molecule has 19 heavy (non-hydrogen) atoms. The van der Waals surface area contributed by atoms with Crippen LogP contribution in [0.3, 0.4) is 0 Å². The number of rotatable bonds is 3. The van der Waals surface area contributed by atoms with Crippen LogP contribution in [0, 0.1) is 17.0 Å². The molecule has 2 aromatic rings. The average molecular weight is 257 g/mol. The monoisotopic (exact) mass is 257 g/mol. The Balaban J connectivity index is 2.31. The first-order valence-electron chi connectivity index (χ1n) is 5.56. The molecule has 6 heteroatoms. The standard InChI is InChI=1S/C13H11N3O3/c1-9-7-8-11(16(18)19)12(14-9)15-13(17)10-5-3-2-4-6-10/h2-8H,1H3,(H,14,15,17). The topological polar surface area (TPSA) is 85.1 Å². The molecule has 0 saturated carbocycles. The van der Waals surface area contributed by atoms with E-state index in [0.29, 0.717) is 11.3 Å². The van der Waals surface area contributed by atoms with E-state index in [4.69, 9.17) is 0 Å². The highest BCUT2D eigenvalue weighted by Gasteiger charge is 2.18. The summed E-state index contributed by atoms with van der Waals surface area (Å²) in [6.07, 6.45) is 0. The molecule has 0 unspecified atom stereocenters. The minimum Gasteiger partial charge on any atom is -0.301 e. The van der Waals surface area contributed by atoms with E-state index in [-0.39, 0.29) is 11.5 Å². The predicted octanol–water partition coefficient (Wildman–Crippen LogP) is 2.55. The van der Waals surface area contributed by atoms with Crippen molar-refractivity contribution in [3.05, 3.63) is 63.8 Å². The lowest BCUT2D eigenvalue weighted by Crippen LogP contribution is -2.14. The number of nitrogens with one attached hydrogen (secondary N) is 1. The van der Waals surface area contributed by atoms with Gasteiger partial charge >= 0.3 is 5.69 Å². The minimum absolute atomic E-state index is 0.0427. The molecule has 2 rings (SSSR count). The fraction of sp³-hybridized carbons (Fsp3) is 0.0769. The summed E-state index contributed by atoms with van der Waals surface area (Å²) in [6, 6.07) is 11.3. The van der Waals surface area contributed by atoms with E-state index < -0.39 is 10.8 Å². The molecule has 0 radical (unpaired) electrons. The van der Waals surface area contributed by atoms with Crippen molar-refractivity contribution in [2.75, 3.05) is 5.32 Å². The van der Waals surface area contributed by atoms with Gasteiger partial charge in [0.15, 0.2) is 0 Å². The van der Waals surface area contributed by atoms with E-state index in [1.807, 2.05) is 0 Å². The third-order valence-electron chi connectivity index (χ3n) is 2.48. The van der Waals surface area contributed by atoms with Gasteiger partial charge < -0.3 is 5.32 Å². The Morgan fingerprint density at radius 2 is 1.89 bits per heavy atom. The van der Waals surface area contributed by atoms with Gasteiger partial charge in [-0.1, -0.05) is 18.2 Å². The van der Waals surface area contributed by atoms with E-state index in [9.17, 15) is 14.9 Å². The lowest BCUT2D eigenvalue weighted by atomic mass is 10.2. The number of hydrogen-bond donors (Lipinski definition) is 1. The number of benzene rings is 1. The van der Waals surface area contributed by atoms with Crippen LogP contribution in [0.1, 0.15) is 16.1 Å². The first kappa shape index (κ1) is 12.7. The van der Waals surface area contributed by atoms with E-state index in [1.165, 1.54) is 12.1 Å². The number of nitrogens with zero attached hydrogens (tertiary/aromatic N) is 2. The maximum absolute atomic E-state index is 11.9. The Kier molecular flexibility index (Phi) is 3.51. The van der Waals surface area contributed by atoms with E-state index in [1.54, 1.807) is 37.3 Å².